The molecule has 4 nitrogen and oxygen atoms in total. The topological polar surface area (TPSA) is 49.4 Å². The zero-order valence-electron chi connectivity index (χ0n) is 13.5. The molecule has 0 saturated heterocycles. The van der Waals surface area contributed by atoms with Crippen molar-refractivity contribution in [3.63, 3.8) is 0 Å². The first kappa shape index (κ1) is 18.1. The molecule has 1 N–H and O–H groups in total. The number of fused-ring (bicyclic) bond motifs is 1. The fourth-order valence-corrected chi connectivity index (χ4v) is 4.04. The van der Waals surface area contributed by atoms with Gasteiger partial charge in [-0.3, -0.25) is 9.59 Å². The van der Waals surface area contributed by atoms with Gasteiger partial charge in [-0.05, 0) is 23.8 Å². The molecule has 1 heterocycles. The molecule has 1 aliphatic rings. The maximum absolute atomic E-state index is 12.5. The van der Waals surface area contributed by atoms with Crippen LogP contribution in [0.5, 0.6) is 0 Å². The molecule has 2 amide bonds. The minimum absolute atomic E-state index is 0.122. The highest BCUT2D eigenvalue weighted by molar-refractivity contribution is 8.01. The Balaban J connectivity index is 1.66. The van der Waals surface area contributed by atoms with Crippen LogP contribution in [0.1, 0.15) is 12.0 Å². The lowest BCUT2D eigenvalue weighted by molar-refractivity contribution is -0.131. The molecule has 3 rings (SSSR count). The van der Waals surface area contributed by atoms with Gasteiger partial charge in [-0.2, -0.15) is 0 Å². The molecule has 130 valence electrons. The SMILES string of the molecule is CN(Cc1cccc(Cl)c1Cl)C(=O)C[C@H]1Sc2ccccc2NC1=O. The second-order valence-corrected chi connectivity index (χ2v) is 7.79. The van der Waals surface area contributed by atoms with Gasteiger partial charge in [-0.1, -0.05) is 47.5 Å². The van der Waals surface area contributed by atoms with Gasteiger partial charge in [0.1, 0.15) is 0 Å². The number of anilines is 1. The van der Waals surface area contributed by atoms with Crippen molar-refractivity contribution in [2.75, 3.05) is 12.4 Å². The van der Waals surface area contributed by atoms with Crippen LogP contribution in [-0.2, 0) is 16.1 Å². The zero-order chi connectivity index (χ0) is 18.0. The summed E-state index contributed by atoms with van der Waals surface area (Å²) in [7, 11) is 1.69. The highest BCUT2D eigenvalue weighted by Crippen LogP contribution is 2.36. The van der Waals surface area contributed by atoms with Crippen LogP contribution in [0.15, 0.2) is 47.4 Å². The fraction of sp³-hybridized carbons (Fsp3) is 0.222. The quantitative estimate of drug-likeness (QED) is 0.832. The summed E-state index contributed by atoms with van der Waals surface area (Å²) >= 11 is 13.6. The van der Waals surface area contributed by atoms with Crippen LogP contribution in [0.4, 0.5) is 5.69 Å². The highest BCUT2D eigenvalue weighted by atomic mass is 35.5. The maximum atomic E-state index is 12.5. The van der Waals surface area contributed by atoms with Crippen molar-refractivity contribution in [1.29, 1.82) is 0 Å². The van der Waals surface area contributed by atoms with E-state index >= 15 is 0 Å². The summed E-state index contributed by atoms with van der Waals surface area (Å²) in [5, 5.41) is 3.31. The van der Waals surface area contributed by atoms with Gasteiger partial charge in [0.2, 0.25) is 11.8 Å². The number of amides is 2. The van der Waals surface area contributed by atoms with Crippen LogP contribution in [0.25, 0.3) is 0 Å². The Hall–Kier alpha value is -1.69. The summed E-state index contributed by atoms with van der Waals surface area (Å²) in [5.74, 6) is -0.269. The maximum Gasteiger partial charge on any atom is 0.238 e. The second-order valence-electron chi connectivity index (χ2n) is 5.76. The van der Waals surface area contributed by atoms with Gasteiger partial charge in [-0.25, -0.2) is 0 Å². The average Bonchev–Trinajstić information content (AvgIpc) is 2.59. The predicted molar refractivity (Wildman–Crippen MR) is 102 cm³/mol. The van der Waals surface area contributed by atoms with Gasteiger partial charge >= 0.3 is 0 Å². The highest BCUT2D eigenvalue weighted by Gasteiger charge is 2.29. The molecule has 7 heteroatoms. The summed E-state index contributed by atoms with van der Waals surface area (Å²) < 4.78 is 0. The van der Waals surface area contributed by atoms with Crippen molar-refractivity contribution in [1.82, 2.24) is 4.90 Å². The molecule has 0 bridgehead atoms. The Bertz CT molecular complexity index is 828. The number of thioether (sulfide) groups is 1. The van der Waals surface area contributed by atoms with Crippen molar-refractivity contribution in [2.24, 2.45) is 0 Å². The number of nitrogens with zero attached hydrogens (tertiary/aromatic N) is 1. The molecule has 1 aliphatic heterocycles. The number of para-hydroxylation sites is 1. The summed E-state index contributed by atoms with van der Waals surface area (Å²) in [6.45, 7) is 0.341. The second kappa shape index (κ2) is 7.68. The first-order chi connectivity index (χ1) is 12.0. The van der Waals surface area contributed by atoms with Crippen LogP contribution in [-0.4, -0.2) is 29.0 Å². The normalized spacial score (nSPS) is 16.1. The monoisotopic (exact) mass is 394 g/mol. The van der Waals surface area contributed by atoms with E-state index in [9.17, 15) is 9.59 Å². The molecular weight excluding hydrogens is 379 g/mol. The number of carbonyl (C=O) groups is 2. The third-order valence-electron chi connectivity index (χ3n) is 3.93. The number of carbonyl (C=O) groups excluding carboxylic acids is 2. The first-order valence-corrected chi connectivity index (χ1v) is 9.32. The Morgan fingerprint density at radius 2 is 1.96 bits per heavy atom. The van der Waals surface area contributed by atoms with Crippen molar-refractivity contribution >= 4 is 52.5 Å². The van der Waals surface area contributed by atoms with Gasteiger partial charge in [0.15, 0.2) is 0 Å². The van der Waals surface area contributed by atoms with E-state index in [1.807, 2.05) is 30.3 Å². The smallest absolute Gasteiger partial charge is 0.238 e. The number of hydrogen-bond donors (Lipinski definition) is 1. The molecule has 0 radical (unpaired) electrons. The van der Waals surface area contributed by atoms with E-state index in [0.29, 0.717) is 16.6 Å². The molecule has 2 aromatic rings. The molecule has 0 unspecified atom stereocenters. The van der Waals surface area contributed by atoms with E-state index in [1.165, 1.54) is 11.8 Å². The summed E-state index contributed by atoms with van der Waals surface area (Å²) in [6, 6.07) is 12.9. The Kier molecular flexibility index (Phi) is 5.57. The first-order valence-electron chi connectivity index (χ1n) is 7.69. The zero-order valence-corrected chi connectivity index (χ0v) is 15.8. The standard InChI is InChI=1S/C18H16Cl2N2O2S/c1-22(10-11-5-4-6-12(19)17(11)20)16(23)9-15-18(24)21-13-7-2-3-8-14(13)25-15/h2-8,15H,9-10H2,1H3,(H,21,24)/t15-/m1/s1. The number of rotatable bonds is 4. The van der Waals surface area contributed by atoms with Crippen molar-refractivity contribution in [3.8, 4) is 0 Å². The molecule has 0 fully saturated rings. The van der Waals surface area contributed by atoms with E-state index in [4.69, 9.17) is 23.2 Å². The molecular formula is C18H16Cl2N2O2S. The third-order valence-corrected chi connectivity index (χ3v) is 6.06. The minimum Gasteiger partial charge on any atom is -0.341 e. The number of hydrogen-bond acceptors (Lipinski definition) is 3. The lowest BCUT2D eigenvalue weighted by Crippen LogP contribution is -2.35. The van der Waals surface area contributed by atoms with Crippen LogP contribution in [0, 0.1) is 0 Å². The van der Waals surface area contributed by atoms with Crippen molar-refractivity contribution < 1.29 is 9.59 Å². The minimum atomic E-state index is -0.445. The summed E-state index contributed by atoms with van der Waals surface area (Å²) in [4.78, 5) is 27.3. The van der Waals surface area contributed by atoms with E-state index in [-0.39, 0.29) is 18.2 Å². The Morgan fingerprint density at radius 1 is 1.20 bits per heavy atom. The van der Waals surface area contributed by atoms with Crippen molar-refractivity contribution in [2.45, 2.75) is 23.1 Å². The van der Waals surface area contributed by atoms with E-state index < -0.39 is 5.25 Å². The van der Waals surface area contributed by atoms with Gasteiger partial charge in [0, 0.05) is 24.9 Å². The molecule has 0 spiro atoms. The molecule has 0 aliphatic carbocycles. The number of benzene rings is 2. The fourth-order valence-electron chi connectivity index (χ4n) is 2.56. The van der Waals surface area contributed by atoms with Gasteiger partial charge in [-0.15, -0.1) is 11.8 Å². The predicted octanol–water partition coefficient (Wildman–Crippen LogP) is 4.45. The largest absolute Gasteiger partial charge is 0.341 e. The van der Waals surface area contributed by atoms with Crippen molar-refractivity contribution in [3.05, 3.63) is 58.1 Å². The lowest BCUT2D eigenvalue weighted by atomic mass is 10.2. The Morgan fingerprint density at radius 3 is 2.76 bits per heavy atom. The molecule has 2 aromatic carbocycles. The Labute approximate surface area is 160 Å². The summed E-state index contributed by atoms with van der Waals surface area (Å²) in [5.41, 5.74) is 1.57. The number of halogens is 2. The van der Waals surface area contributed by atoms with Crippen LogP contribution < -0.4 is 5.32 Å². The average molecular weight is 395 g/mol. The van der Waals surface area contributed by atoms with Gasteiger partial charge < -0.3 is 10.2 Å². The third kappa shape index (κ3) is 4.11. The van der Waals surface area contributed by atoms with Crippen LogP contribution >= 0.6 is 35.0 Å². The molecule has 0 saturated carbocycles. The van der Waals surface area contributed by atoms with E-state index in [1.54, 1.807) is 24.1 Å². The van der Waals surface area contributed by atoms with E-state index in [0.717, 1.165) is 16.1 Å². The lowest BCUT2D eigenvalue weighted by Gasteiger charge is -2.25. The van der Waals surface area contributed by atoms with Gasteiger partial charge in [0.05, 0.1) is 21.0 Å². The van der Waals surface area contributed by atoms with E-state index in [2.05, 4.69) is 5.32 Å². The summed E-state index contributed by atoms with van der Waals surface area (Å²) in [6.07, 6.45) is 0.125. The van der Waals surface area contributed by atoms with Crippen LogP contribution in [0.2, 0.25) is 10.0 Å². The molecule has 25 heavy (non-hydrogen) atoms. The molecule has 0 aromatic heterocycles. The molecule has 1 atom stereocenters. The van der Waals surface area contributed by atoms with Crippen LogP contribution in [0.3, 0.4) is 0 Å². The van der Waals surface area contributed by atoms with Gasteiger partial charge in [0.25, 0.3) is 0 Å². The number of nitrogens with one attached hydrogen (secondary N) is 1.